The summed E-state index contributed by atoms with van der Waals surface area (Å²) in [4.78, 5) is 18.1. The smallest absolute Gasteiger partial charge is 0.275 e. The summed E-state index contributed by atoms with van der Waals surface area (Å²) in [5.41, 5.74) is 0.263. The SMILES string of the molecule is O=C(c1coc(COc2ccccc2F)n1)N1CCSCC1. The van der Waals surface area contributed by atoms with Crippen LogP contribution in [0.15, 0.2) is 34.9 Å². The van der Waals surface area contributed by atoms with Gasteiger partial charge in [0, 0.05) is 24.6 Å². The molecule has 7 heteroatoms. The van der Waals surface area contributed by atoms with E-state index in [4.69, 9.17) is 9.15 Å². The highest BCUT2D eigenvalue weighted by Gasteiger charge is 2.21. The molecule has 116 valence electrons. The lowest BCUT2D eigenvalue weighted by atomic mass is 10.3. The lowest BCUT2D eigenvalue weighted by molar-refractivity contribution is 0.0766. The number of ether oxygens (including phenoxy) is 1. The second-order valence-corrected chi connectivity index (χ2v) is 5.97. The van der Waals surface area contributed by atoms with Gasteiger partial charge in [0.1, 0.15) is 6.26 Å². The first-order valence-corrected chi connectivity index (χ1v) is 8.08. The van der Waals surface area contributed by atoms with Crippen LogP contribution in [-0.4, -0.2) is 40.4 Å². The molecule has 22 heavy (non-hydrogen) atoms. The van der Waals surface area contributed by atoms with E-state index in [2.05, 4.69) is 4.98 Å². The summed E-state index contributed by atoms with van der Waals surface area (Å²) < 4.78 is 24.0. The Kier molecular flexibility index (Phi) is 4.62. The molecule has 5 nitrogen and oxygen atoms in total. The van der Waals surface area contributed by atoms with Crippen LogP contribution in [-0.2, 0) is 6.61 Å². The Bertz CT molecular complexity index is 656. The minimum Gasteiger partial charge on any atom is -0.481 e. The molecule has 0 aliphatic carbocycles. The van der Waals surface area contributed by atoms with Crippen LogP contribution in [0.5, 0.6) is 5.75 Å². The zero-order valence-electron chi connectivity index (χ0n) is 11.8. The molecule has 0 radical (unpaired) electrons. The summed E-state index contributed by atoms with van der Waals surface area (Å²) in [6.45, 7) is 1.42. The number of carbonyl (C=O) groups excluding carboxylic acids is 1. The van der Waals surface area contributed by atoms with E-state index in [1.165, 1.54) is 18.4 Å². The summed E-state index contributed by atoms with van der Waals surface area (Å²) in [6.07, 6.45) is 1.32. The molecule has 0 atom stereocenters. The van der Waals surface area contributed by atoms with Gasteiger partial charge in [-0.25, -0.2) is 9.37 Å². The maximum absolute atomic E-state index is 13.4. The van der Waals surface area contributed by atoms with Gasteiger partial charge in [0.2, 0.25) is 5.89 Å². The maximum Gasteiger partial charge on any atom is 0.275 e. The van der Waals surface area contributed by atoms with E-state index < -0.39 is 5.82 Å². The quantitative estimate of drug-likeness (QED) is 0.866. The average Bonchev–Trinajstić information content (AvgIpc) is 3.03. The average molecular weight is 322 g/mol. The number of rotatable bonds is 4. The van der Waals surface area contributed by atoms with Crippen molar-refractivity contribution in [2.75, 3.05) is 24.6 Å². The van der Waals surface area contributed by atoms with Crippen LogP contribution in [0, 0.1) is 5.82 Å². The van der Waals surface area contributed by atoms with E-state index in [1.54, 1.807) is 17.0 Å². The number of benzene rings is 1. The number of aromatic nitrogens is 1. The van der Waals surface area contributed by atoms with Crippen molar-refractivity contribution in [2.24, 2.45) is 0 Å². The number of hydrogen-bond donors (Lipinski definition) is 0. The maximum atomic E-state index is 13.4. The Morgan fingerprint density at radius 1 is 1.36 bits per heavy atom. The Hall–Kier alpha value is -2.02. The van der Waals surface area contributed by atoms with Crippen LogP contribution < -0.4 is 4.74 Å². The monoisotopic (exact) mass is 322 g/mol. The first kappa shape index (κ1) is 14.9. The lowest BCUT2D eigenvalue weighted by Gasteiger charge is -2.25. The molecule has 0 saturated carbocycles. The normalized spacial score (nSPS) is 14.9. The van der Waals surface area contributed by atoms with Crippen LogP contribution in [0.4, 0.5) is 4.39 Å². The second kappa shape index (κ2) is 6.83. The molecule has 1 aliphatic rings. The van der Waals surface area contributed by atoms with Gasteiger partial charge < -0.3 is 14.1 Å². The molecule has 0 unspecified atom stereocenters. The van der Waals surface area contributed by atoms with Gasteiger partial charge in [-0.05, 0) is 12.1 Å². The van der Waals surface area contributed by atoms with Crippen molar-refractivity contribution in [3.05, 3.63) is 47.9 Å². The van der Waals surface area contributed by atoms with Gasteiger partial charge in [0.05, 0.1) is 0 Å². The summed E-state index contributed by atoms with van der Waals surface area (Å²) in [6, 6.07) is 6.10. The van der Waals surface area contributed by atoms with Crippen molar-refractivity contribution in [3.63, 3.8) is 0 Å². The van der Waals surface area contributed by atoms with E-state index in [1.807, 2.05) is 11.8 Å². The highest BCUT2D eigenvalue weighted by molar-refractivity contribution is 7.99. The molecule has 2 heterocycles. The minimum absolute atomic E-state index is 0.0237. The van der Waals surface area contributed by atoms with Crippen molar-refractivity contribution in [3.8, 4) is 5.75 Å². The van der Waals surface area contributed by atoms with Gasteiger partial charge in [-0.3, -0.25) is 4.79 Å². The van der Waals surface area contributed by atoms with E-state index in [9.17, 15) is 9.18 Å². The summed E-state index contributed by atoms with van der Waals surface area (Å²) in [7, 11) is 0. The molecule has 3 rings (SSSR count). The van der Waals surface area contributed by atoms with Crippen LogP contribution in [0.1, 0.15) is 16.4 Å². The molecule has 1 saturated heterocycles. The first-order valence-electron chi connectivity index (χ1n) is 6.93. The molecule has 1 aromatic carbocycles. The largest absolute Gasteiger partial charge is 0.481 e. The van der Waals surface area contributed by atoms with Crippen molar-refractivity contribution >= 4 is 17.7 Å². The number of halogens is 1. The molecule has 0 spiro atoms. The zero-order valence-corrected chi connectivity index (χ0v) is 12.6. The number of amides is 1. The van der Waals surface area contributed by atoms with Gasteiger partial charge in [-0.1, -0.05) is 12.1 Å². The Labute approximate surface area is 131 Å². The summed E-state index contributed by atoms with van der Waals surface area (Å²) in [5.74, 6) is 1.66. The first-order chi connectivity index (χ1) is 10.7. The van der Waals surface area contributed by atoms with Crippen LogP contribution in [0.2, 0.25) is 0 Å². The number of thioether (sulfide) groups is 1. The van der Waals surface area contributed by atoms with Crippen molar-refractivity contribution in [1.29, 1.82) is 0 Å². The van der Waals surface area contributed by atoms with Gasteiger partial charge in [-0.2, -0.15) is 11.8 Å². The fourth-order valence-electron chi connectivity index (χ4n) is 2.11. The molecule has 1 fully saturated rings. The Balaban J connectivity index is 1.61. The fraction of sp³-hybridized carbons (Fsp3) is 0.333. The molecule has 2 aromatic rings. The van der Waals surface area contributed by atoms with Crippen molar-refractivity contribution in [1.82, 2.24) is 9.88 Å². The van der Waals surface area contributed by atoms with Crippen LogP contribution >= 0.6 is 11.8 Å². The molecule has 0 bridgehead atoms. The van der Waals surface area contributed by atoms with Gasteiger partial charge in [0.15, 0.2) is 23.9 Å². The van der Waals surface area contributed by atoms with Crippen LogP contribution in [0.3, 0.4) is 0 Å². The molecule has 0 N–H and O–H groups in total. The van der Waals surface area contributed by atoms with Crippen LogP contribution in [0.25, 0.3) is 0 Å². The fourth-order valence-corrected chi connectivity index (χ4v) is 3.01. The predicted octanol–water partition coefficient (Wildman–Crippen LogP) is 2.58. The standard InChI is InChI=1S/C15H15FN2O3S/c16-11-3-1-2-4-13(11)20-10-14-17-12(9-21-14)15(19)18-5-7-22-8-6-18/h1-4,9H,5-8,10H2. The summed E-state index contributed by atoms with van der Waals surface area (Å²) in [5, 5.41) is 0. The third-order valence-electron chi connectivity index (χ3n) is 3.26. The van der Waals surface area contributed by atoms with Gasteiger partial charge >= 0.3 is 0 Å². The molecule has 1 amide bonds. The highest BCUT2D eigenvalue weighted by atomic mass is 32.2. The lowest BCUT2D eigenvalue weighted by Crippen LogP contribution is -2.38. The number of oxazole rings is 1. The van der Waals surface area contributed by atoms with E-state index in [-0.39, 0.29) is 29.8 Å². The van der Waals surface area contributed by atoms with Crippen molar-refractivity contribution in [2.45, 2.75) is 6.61 Å². The van der Waals surface area contributed by atoms with Crippen molar-refractivity contribution < 1.29 is 18.3 Å². The van der Waals surface area contributed by atoms with Gasteiger partial charge in [0.25, 0.3) is 5.91 Å². The number of hydrogen-bond acceptors (Lipinski definition) is 5. The second-order valence-electron chi connectivity index (χ2n) is 4.75. The highest BCUT2D eigenvalue weighted by Crippen LogP contribution is 2.18. The number of para-hydroxylation sites is 1. The molecular formula is C15H15FN2O3S. The third kappa shape index (κ3) is 3.41. The summed E-state index contributed by atoms with van der Waals surface area (Å²) >= 11 is 1.83. The Morgan fingerprint density at radius 2 is 2.14 bits per heavy atom. The zero-order chi connectivity index (χ0) is 15.4. The van der Waals surface area contributed by atoms with E-state index >= 15 is 0 Å². The van der Waals surface area contributed by atoms with E-state index in [0.717, 1.165) is 24.6 Å². The molecule has 1 aromatic heterocycles. The number of carbonyl (C=O) groups is 1. The predicted molar refractivity (Wildman–Crippen MR) is 80.5 cm³/mol. The third-order valence-corrected chi connectivity index (χ3v) is 4.20. The molecular weight excluding hydrogens is 307 g/mol. The number of nitrogens with zero attached hydrogens (tertiary/aromatic N) is 2. The van der Waals surface area contributed by atoms with Gasteiger partial charge in [-0.15, -0.1) is 0 Å². The molecule has 1 aliphatic heterocycles. The van der Waals surface area contributed by atoms with E-state index in [0.29, 0.717) is 0 Å². The Morgan fingerprint density at radius 3 is 2.91 bits per heavy atom. The minimum atomic E-state index is -0.448. The topological polar surface area (TPSA) is 55.6 Å².